The molecule has 116 valence electrons. The molecular formula is C14H12ClFN2O3S. The number of benzene rings is 1. The van der Waals surface area contributed by atoms with E-state index in [9.17, 15) is 14.0 Å². The zero-order chi connectivity index (χ0) is 16.3. The fraction of sp³-hybridized carbons (Fsp3) is 0.214. The maximum Gasteiger partial charge on any atom is 0.350 e. The first kappa shape index (κ1) is 16.4. The molecule has 0 aliphatic heterocycles. The Morgan fingerprint density at radius 2 is 2.18 bits per heavy atom. The lowest BCUT2D eigenvalue weighted by Gasteiger charge is -2.03. The Labute approximate surface area is 135 Å². The van der Waals surface area contributed by atoms with Crippen molar-refractivity contribution in [2.45, 2.75) is 13.8 Å². The van der Waals surface area contributed by atoms with Crippen LogP contribution in [0, 0.1) is 12.7 Å². The van der Waals surface area contributed by atoms with E-state index in [0.29, 0.717) is 10.6 Å². The number of ether oxygens (including phenoxy) is 1. The topological polar surface area (TPSA) is 68.3 Å². The summed E-state index contributed by atoms with van der Waals surface area (Å²) in [6.07, 6.45) is 0. The average molecular weight is 343 g/mol. The fourth-order valence-electron chi connectivity index (χ4n) is 1.67. The molecule has 5 nitrogen and oxygen atoms in total. The number of hydrogen-bond acceptors (Lipinski definition) is 5. The molecule has 0 aliphatic rings. The highest BCUT2D eigenvalue weighted by molar-refractivity contribution is 7.17. The number of amides is 1. The van der Waals surface area contributed by atoms with Crippen LogP contribution in [0.25, 0.3) is 0 Å². The van der Waals surface area contributed by atoms with Crippen molar-refractivity contribution in [2.24, 2.45) is 0 Å². The van der Waals surface area contributed by atoms with E-state index in [4.69, 9.17) is 16.3 Å². The van der Waals surface area contributed by atoms with Gasteiger partial charge in [0.2, 0.25) is 0 Å². The number of anilines is 1. The normalized spacial score (nSPS) is 10.4. The van der Waals surface area contributed by atoms with E-state index in [-0.39, 0.29) is 22.3 Å². The third-order valence-corrected chi connectivity index (χ3v) is 4.02. The molecule has 0 bridgehead atoms. The van der Waals surface area contributed by atoms with Gasteiger partial charge in [0.1, 0.15) is 10.7 Å². The van der Waals surface area contributed by atoms with Crippen molar-refractivity contribution in [3.63, 3.8) is 0 Å². The lowest BCUT2D eigenvalue weighted by atomic mass is 10.2. The van der Waals surface area contributed by atoms with Crippen LogP contribution in [0.4, 0.5) is 9.52 Å². The van der Waals surface area contributed by atoms with Crippen molar-refractivity contribution >= 4 is 39.9 Å². The number of carbonyl (C=O) groups is 2. The SMILES string of the molecule is CCOC(=O)c1sc(NC(=O)c2ccc(F)cc2Cl)nc1C. The average Bonchev–Trinajstić information content (AvgIpc) is 2.79. The van der Waals surface area contributed by atoms with Gasteiger partial charge in [-0.15, -0.1) is 0 Å². The zero-order valence-corrected chi connectivity index (χ0v) is 13.3. The maximum atomic E-state index is 13.0. The number of nitrogens with one attached hydrogen (secondary N) is 1. The second-order valence-corrected chi connectivity index (χ2v) is 5.64. The van der Waals surface area contributed by atoms with Crippen LogP contribution in [-0.2, 0) is 4.74 Å². The Morgan fingerprint density at radius 3 is 2.82 bits per heavy atom. The van der Waals surface area contributed by atoms with E-state index in [2.05, 4.69) is 10.3 Å². The summed E-state index contributed by atoms with van der Waals surface area (Å²) in [5.41, 5.74) is 0.581. The minimum atomic E-state index is -0.533. The number of rotatable bonds is 4. The summed E-state index contributed by atoms with van der Waals surface area (Å²) >= 11 is 6.83. The summed E-state index contributed by atoms with van der Waals surface area (Å²) in [7, 11) is 0. The Hall–Kier alpha value is -1.99. The number of esters is 1. The van der Waals surface area contributed by atoms with Crippen LogP contribution in [-0.4, -0.2) is 23.5 Å². The third-order valence-electron chi connectivity index (χ3n) is 2.65. The molecule has 0 aliphatic carbocycles. The first-order valence-electron chi connectivity index (χ1n) is 6.33. The van der Waals surface area contributed by atoms with Crippen LogP contribution < -0.4 is 5.32 Å². The molecule has 22 heavy (non-hydrogen) atoms. The Kier molecular flexibility index (Phi) is 5.10. The number of nitrogens with zero attached hydrogens (tertiary/aromatic N) is 1. The summed E-state index contributed by atoms with van der Waals surface area (Å²) in [6.45, 7) is 3.60. The number of halogens is 2. The molecule has 0 fully saturated rings. The molecule has 0 unspecified atom stereocenters. The van der Waals surface area contributed by atoms with Crippen molar-refractivity contribution in [1.29, 1.82) is 0 Å². The van der Waals surface area contributed by atoms with Crippen molar-refractivity contribution in [3.05, 3.63) is 45.2 Å². The second-order valence-electron chi connectivity index (χ2n) is 4.23. The van der Waals surface area contributed by atoms with Crippen molar-refractivity contribution in [3.8, 4) is 0 Å². The minimum absolute atomic E-state index is 0.00334. The molecule has 1 aromatic heterocycles. The smallest absolute Gasteiger partial charge is 0.350 e. The molecule has 8 heteroatoms. The van der Waals surface area contributed by atoms with Gasteiger partial charge in [-0.2, -0.15) is 0 Å². The lowest BCUT2D eigenvalue weighted by Crippen LogP contribution is -2.12. The maximum absolute atomic E-state index is 13.0. The second kappa shape index (κ2) is 6.85. The van der Waals surface area contributed by atoms with Gasteiger partial charge in [0.15, 0.2) is 5.13 Å². The third kappa shape index (κ3) is 3.61. The Bertz CT molecular complexity index is 733. The molecule has 1 heterocycles. The number of hydrogen-bond donors (Lipinski definition) is 1. The van der Waals surface area contributed by atoms with Crippen LogP contribution in [0.3, 0.4) is 0 Å². The molecule has 0 spiro atoms. The summed E-state index contributed by atoms with van der Waals surface area (Å²) in [6, 6.07) is 3.46. The molecular weight excluding hydrogens is 331 g/mol. The zero-order valence-electron chi connectivity index (χ0n) is 11.8. The molecule has 1 amide bonds. The summed E-state index contributed by atoms with van der Waals surface area (Å²) in [4.78, 5) is 28.2. The molecule has 2 rings (SSSR count). The first-order chi connectivity index (χ1) is 10.4. The van der Waals surface area contributed by atoms with Crippen molar-refractivity contribution in [2.75, 3.05) is 11.9 Å². The highest BCUT2D eigenvalue weighted by Gasteiger charge is 2.19. The summed E-state index contributed by atoms with van der Waals surface area (Å²) in [5, 5.41) is 2.77. The predicted molar refractivity (Wildman–Crippen MR) is 82.2 cm³/mol. The summed E-state index contributed by atoms with van der Waals surface area (Å²) < 4.78 is 17.9. The fourth-order valence-corrected chi connectivity index (χ4v) is 2.78. The lowest BCUT2D eigenvalue weighted by molar-refractivity contribution is 0.0531. The predicted octanol–water partition coefficient (Wildman–Crippen LogP) is 3.67. The monoisotopic (exact) mass is 342 g/mol. The van der Waals surface area contributed by atoms with Crippen molar-refractivity contribution < 1.29 is 18.7 Å². The van der Waals surface area contributed by atoms with Gasteiger partial charge in [-0.25, -0.2) is 14.2 Å². The highest BCUT2D eigenvalue weighted by atomic mass is 35.5. The molecule has 0 atom stereocenters. The van der Waals surface area contributed by atoms with Gasteiger partial charge in [0, 0.05) is 0 Å². The molecule has 1 aromatic carbocycles. The Balaban J connectivity index is 2.18. The van der Waals surface area contributed by atoms with Crippen LogP contribution in [0.2, 0.25) is 5.02 Å². The molecule has 0 saturated carbocycles. The first-order valence-corrected chi connectivity index (χ1v) is 7.52. The van der Waals surface area contributed by atoms with Crippen LogP contribution in [0.15, 0.2) is 18.2 Å². The van der Waals surface area contributed by atoms with Crippen molar-refractivity contribution in [1.82, 2.24) is 4.98 Å². The largest absolute Gasteiger partial charge is 0.462 e. The number of carbonyl (C=O) groups excluding carboxylic acids is 2. The number of thiazole rings is 1. The van der Waals surface area contributed by atoms with Crippen LogP contribution in [0.1, 0.15) is 32.6 Å². The Morgan fingerprint density at radius 1 is 1.45 bits per heavy atom. The van der Waals surface area contributed by atoms with Crippen LogP contribution >= 0.6 is 22.9 Å². The van der Waals surface area contributed by atoms with Gasteiger partial charge in [-0.05, 0) is 32.0 Å². The molecule has 0 radical (unpaired) electrons. The van der Waals surface area contributed by atoms with E-state index in [1.807, 2.05) is 0 Å². The van der Waals surface area contributed by atoms with Gasteiger partial charge in [-0.3, -0.25) is 10.1 Å². The van der Waals surface area contributed by atoms with Crippen LogP contribution in [0.5, 0.6) is 0 Å². The van der Waals surface area contributed by atoms with E-state index in [1.54, 1.807) is 13.8 Å². The van der Waals surface area contributed by atoms with Gasteiger partial charge >= 0.3 is 5.97 Å². The van der Waals surface area contributed by atoms with Gasteiger partial charge in [-0.1, -0.05) is 22.9 Å². The van der Waals surface area contributed by atoms with Gasteiger partial charge in [0.25, 0.3) is 5.91 Å². The molecule has 2 aromatic rings. The van der Waals surface area contributed by atoms with Gasteiger partial charge in [0.05, 0.1) is 22.9 Å². The van der Waals surface area contributed by atoms with E-state index in [0.717, 1.165) is 23.5 Å². The van der Waals surface area contributed by atoms with E-state index in [1.165, 1.54) is 6.07 Å². The quantitative estimate of drug-likeness (QED) is 0.861. The number of aryl methyl sites for hydroxylation is 1. The van der Waals surface area contributed by atoms with E-state index >= 15 is 0 Å². The summed E-state index contributed by atoms with van der Waals surface area (Å²) in [5.74, 6) is -1.55. The van der Waals surface area contributed by atoms with Gasteiger partial charge < -0.3 is 4.74 Å². The standard InChI is InChI=1S/C14H12ClFN2O3S/c1-3-21-13(20)11-7(2)17-14(22-11)18-12(19)9-5-4-8(16)6-10(9)15/h4-6H,3H2,1-2H3,(H,17,18,19). The highest BCUT2D eigenvalue weighted by Crippen LogP contribution is 2.25. The number of aromatic nitrogens is 1. The molecule has 0 saturated heterocycles. The molecule has 1 N–H and O–H groups in total. The minimum Gasteiger partial charge on any atom is -0.462 e. The van der Waals surface area contributed by atoms with E-state index < -0.39 is 17.7 Å².